The molecule has 1 fully saturated rings. The molecular weight excluding hydrogens is 226 g/mol. The summed E-state index contributed by atoms with van der Waals surface area (Å²) in [4.78, 5) is 2.17. The van der Waals surface area contributed by atoms with Crippen molar-refractivity contribution in [2.24, 2.45) is 5.73 Å². The fourth-order valence-electron chi connectivity index (χ4n) is 2.28. The molecule has 2 unspecified atom stereocenters. The summed E-state index contributed by atoms with van der Waals surface area (Å²) in [5.74, 6) is 0.448. The van der Waals surface area contributed by atoms with Crippen LogP contribution in [0.25, 0.3) is 0 Å². The van der Waals surface area contributed by atoms with E-state index in [1.54, 1.807) is 24.3 Å². The van der Waals surface area contributed by atoms with Crippen molar-refractivity contribution in [3.05, 3.63) is 29.8 Å². The predicted octanol–water partition coefficient (Wildman–Crippen LogP) is 1.64. The Morgan fingerprint density at radius 2 is 1.94 bits per heavy atom. The molecule has 0 spiro atoms. The summed E-state index contributed by atoms with van der Waals surface area (Å²) in [7, 11) is 2.02. The van der Waals surface area contributed by atoms with Crippen LogP contribution in [0.5, 0.6) is 5.75 Å². The summed E-state index contributed by atoms with van der Waals surface area (Å²) in [6.45, 7) is -1.02. The number of hydrogen-bond acceptors (Lipinski definition) is 3. The number of likely N-dealkylation sites (N-methyl/N-ethyl adjacent to an activating group) is 1. The van der Waals surface area contributed by atoms with Gasteiger partial charge in [-0.2, -0.15) is 8.78 Å². The van der Waals surface area contributed by atoms with Crippen LogP contribution in [0.15, 0.2) is 24.3 Å². The van der Waals surface area contributed by atoms with Gasteiger partial charge in [-0.3, -0.25) is 0 Å². The lowest BCUT2D eigenvalue weighted by Crippen LogP contribution is -2.27. The smallest absolute Gasteiger partial charge is 0.387 e. The van der Waals surface area contributed by atoms with Crippen molar-refractivity contribution in [3.8, 4) is 5.75 Å². The fraction of sp³-hybridized carbons (Fsp3) is 0.500. The van der Waals surface area contributed by atoms with E-state index in [0.717, 1.165) is 18.7 Å². The number of benzene rings is 1. The van der Waals surface area contributed by atoms with Crippen molar-refractivity contribution in [1.29, 1.82) is 0 Å². The van der Waals surface area contributed by atoms with Crippen LogP contribution in [0, 0.1) is 0 Å². The molecular formula is C12H16F2N2O. The molecule has 0 aromatic heterocycles. The van der Waals surface area contributed by atoms with Gasteiger partial charge in [0.05, 0.1) is 0 Å². The minimum Gasteiger partial charge on any atom is -0.435 e. The van der Waals surface area contributed by atoms with Gasteiger partial charge in [-0.05, 0) is 24.7 Å². The lowest BCUT2D eigenvalue weighted by Gasteiger charge is -2.15. The van der Waals surface area contributed by atoms with Crippen molar-refractivity contribution >= 4 is 0 Å². The van der Waals surface area contributed by atoms with E-state index in [1.165, 1.54) is 0 Å². The summed E-state index contributed by atoms with van der Waals surface area (Å²) in [6.07, 6.45) is 0. The normalized spacial score (nSPS) is 25.5. The molecule has 1 aliphatic rings. The molecule has 0 radical (unpaired) electrons. The third-order valence-electron chi connectivity index (χ3n) is 3.08. The largest absolute Gasteiger partial charge is 0.435 e. The maximum absolute atomic E-state index is 12.0. The van der Waals surface area contributed by atoms with Crippen molar-refractivity contribution in [2.75, 3.05) is 20.1 Å². The average molecular weight is 242 g/mol. The first kappa shape index (κ1) is 12.3. The molecule has 2 rings (SSSR count). The number of likely N-dealkylation sites (tertiary alicyclic amines) is 1. The van der Waals surface area contributed by atoms with Crippen LogP contribution in [-0.4, -0.2) is 37.7 Å². The second kappa shape index (κ2) is 4.98. The molecule has 0 amide bonds. The molecule has 0 bridgehead atoms. The Kier molecular flexibility index (Phi) is 3.59. The van der Waals surface area contributed by atoms with E-state index in [9.17, 15) is 8.78 Å². The highest BCUT2D eigenvalue weighted by Crippen LogP contribution is 2.27. The lowest BCUT2D eigenvalue weighted by molar-refractivity contribution is -0.0498. The number of nitrogens with zero attached hydrogens (tertiary/aromatic N) is 1. The molecule has 2 N–H and O–H groups in total. The summed E-state index contributed by atoms with van der Waals surface area (Å²) in [6, 6.07) is 6.84. The second-order valence-electron chi connectivity index (χ2n) is 4.44. The minimum atomic E-state index is -2.78. The summed E-state index contributed by atoms with van der Waals surface area (Å²) < 4.78 is 28.3. The number of alkyl halides is 2. The first-order valence-corrected chi connectivity index (χ1v) is 5.55. The van der Waals surface area contributed by atoms with E-state index in [4.69, 9.17) is 5.73 Å². The molecule has 1 aromatic carbocycles. The number of ether oxygens (including phenoxy) is 1. The third-order valence-corrected chi connectivity index (χ3v) is 3.08. The number of hydrogen-bond donors (Lipinski definition) is 1. The van der Waals surface area contributed by atoms with Gasteiger partial charge < -0.3 is 15.4 Å². The number of halogens is 2. The molecule has 2 atom stereocenters. The third kappa shape index (κ3) is 2.92. The Bertz CT molecular complexity index is 369. The second-order valence-corrected chi connectivity index (χ2v) is 4.44. The lowest BCUT2D eigenvalue weighted by atomic mass is 9.95. The van der Waals surface area contributed by atoms with Crippen molar-refractivity contribution in [3.63, 3.8) is 0 Å². The van der Waals surface area contributed by atoms with Gasteiger partial charge in [0, 0.05) is 25.0 Å². The van der Waals surface area contributed by atoms with E-state index >= 15 is 0 Å². The van der Waals surface area contributed by atoms with Crippen LogP contribution in [0.3, 0.4) is 0 Å². The maximum Gasteiger partial charge on any atom is 0.387 e. The van der Waals surface area contributed by atoms with Crippen LogP contribution in [0.2, 0.25) is 0 Å². The summed E-state index contributed by atoms with van der Waals surface area (Å²) in [5.41, 5.74) is 7.10. The molecule has 1 aromatic rings. The molecule has 0 aliphatic carbocycles. The molecule has 94 valence electrons. The predicted molar refractivity (Wildman–Crippen MR) is 61.3 cm³/mol. The highest BCUT2D eigenvalue weighted by molar-refractivity contribution is 5.31. The molecule has 5 heteroatoms. The van der Waals surface area contributed by atoms with Gasteiger partial charge in [-0.1, -0.05) is 12.1 Å². The summed E-state index contributed by atoms with van der Waals surface area (Å²) in [5, 5.41) is 0. The molecule has 17 heavy (non-hydrogen) atoms. The highest BCUT2D eigenvalue weighted by Gasteiger charge is 2.28. The van der Waals surface area contributed by atoms with Gasteiger partial charge in [-0.15, -0.1) is 0 Å². The SMILES string of the molecule is CN1CC(N)C(c2ccc(OC(F)F)cc2)C1. The Hall–Kier alpha value is -1.20. The van der Waals surface area contributed by atoms with Crippen LogP contribution in [0.4, 0.5) is 8.78 Å². The van der Waals surface area contributed by atoms with E-state index in [-0.39, 0.29) is 17.7 Å². The van der Waals surface area contributed by atoms with E-state index in [2.05, 4.69) is 9.64 Å². The Balaban J connectivity index is 2.07. The van der Waals surface area contributed by atoms with E-state index in [0.29, 0.717) is 0 Å². The van der Waals surface area contributed by atoms with Crippen LogP contribution >= 0.6 is 0 Å². The zero-order chi connectivity index (χ0) is 12.4. The van der Waals surface area contributed by atoms with Gasteiger partial charge in [0.25, 0.3) is 0 Å². The molecule has 1 aliphatic heterocycles. The van der Waals surface area contributed by atoms with Crippen LogP contribution in [-0.2, 0) is 0 Å². The zero-order valence-corrected chi connectivity index (χ0v) is 9.64. The Morgan fingerprint density at radius 3 is 2.41 bits per heavy atom. The molecule has 1 heterocycles. The Morgan fingerprint density at radius 1 is 1.29 bits per heavy atom. The first-order valence-electron chi connectivity index (χ1n) is 5.55. The standard InChI is InChI=1S/C12H16F2N2O/c1-16-6-10(11(15)7-16)8-2-4-9(5-3-8)17-12(13)14/h2-5,10-12H,6-7,15H2,1H3. The number of nitrogens with two attached hydrogens (primary N) is 1. The Labute approximate surface area is 99.2 Å². The molecule has 3 nitrogen and oxygen atoms in total. The molecule has 0 saturated carbocycles. The molecule has 1 saturated heterocycles. The average Bonchev–Trinajstić information content (AvgIpc) is 2.58. The highest BCUT2D eigenvalue weighted by atomic mass is 19.3. The van der Waals surface area contributed by atoms with E-state index < -0.39 is 6.61 Å². The van der Waals surface area contributed by atoms with Gasteiger partial charge in [0.2, 0.25) is 0 Å². The van der Waals surface area contributed by atoms with Gasteiger partial charge in [-0.25, -0.2) is 0 Å². The van der Waals surface area contributed by atoms with Gasteiger partial charge in [0.1, 0.15) is 5.75 Å². The minimum absolute atomic E-state index is 0.0990. The zero-order valence-electron chi connectivity index (χ0n) is 9.64. The first-order chi connectivity index (χ1) is 8.06. The quantitative estimate of drug-likeness (QED) is 0.875. The monoisotopic (exact) mass is 242 g/mol. The summed E-state index contributed by atoms with van der Waals surface area (Å²) >= 11 is 0. The maximum atomic E-state index is 12.0. The van der Waals surface area contributed by atoms with Crippen molar-refractivity contribution < 1.29 is 13.5 Å². The van der Waals surface area contributed by atoms with Crippen LogP contribution in [0.1, 0.15) is 11.5 Å². The van der Waals surface area contributed by atoms with Crippen molar-refractivity contribution in [1.82, 2.24) is 4.90 Å². The van der Waals surface area contributed by atoms with Gasteiger partial charge >= 0.3 is 6.61 Å². The van der Waals surface area contributed by atoms with Crippen LogP contribution < -0.4 is 10.5 Å². The van der Waals surface area contributed by atoms with E-state index in [1.807, 2.05) is 7.05 Å². The number of rotatable bonds is 3. The topological polar surface area (TPSA) is 38.5 Å². The van der Waals surface area contributed by atoms with Gasteiger partial charge in [0.15, 0.2) is 0 Å². The van der Waals surface area contributed by atoms with Crippen molar-refractivity contribution in [2.45, 2.75) is 18.6 Å². The fourth-order valence-corrected chi connectivity index (χ4v) is 2.28.